The zero-order chi connectivity index (χ0) is 14.0. The van der Waals surface area contributed by atoms with E-state index in [0.717, 1.165) is 27.1 Å². The zero-order valence-corrected chi connectivity index (χ0v) is 12.9. The SMILES string of the molecule is Cc1ccc(Oc2ccc(C(C)O)cc2Br)c(C)c1. The van der Waals surface area contributed by atoms with E-state index in [-0.39, 0.29) is 0 Å². The van der Waals surface area contributed by atoms with Crippen LogP contribution in [0.25, 0.3) is 0 Å². The van der Waals surface area contributed by atoms with Crippen molar-refractivity contribution < 1.29 is 9.84 Å². The van der Waals surface area contributed by atoms with Gasteiger partial charge in [0, 0.05) is 0 Å². The molecule has 0 radical (unpaired) electrons. The Hall–Kier alpha value is -1.32. The largest absolute Gasteiger partial charge is 0.456 e. The molecule has 0 aromatic heterocycles. The fourth-order valence-corrected chi connectivity index (χ4v) is 2.37. The van der Waals surface area contributed by atoms with Gasteiger partial charge in [-0.2, -0.15) is 0 Å². The van der Waals surface area contributed by atoms with Crippen molar-refractivity contribution in [1.82, 2.24) is 0 Å². The molecule has 0 spiro atoms. The molecule has 0 heterocycles. The number of benzene rings is 2. The Bertz CT molecular complexity index is 591. The molecule has 1 atom stereocenters. The number of aliphatic hydroxyl groups excluding tert-OH is 1. The molecule has 0 saturated heterocycles. The van der Waals surface area contributed by atoms with Crippen molar-refractivity contribution in [2.24, 2.45) is 0 Å². The summed E-state index contributed by atoms with van der Waals surface area (Å²) in [5.74, 6) is 1.59. The highest BCUT2D eigenvalue weighted by atomic mass is 79.9. The van der Waals surface area contributed by atoms with E-state index in [9.17, 15) is 5.11 Å². The third-order valence-corrected chi connectivity index (χ3v) is 3.61. The lowest BCUT2D eigenvalue weighted by Crippen LogP contribution is -1.93. The van der Waals surface area contributed by atoms with Gasteiger partial charge in [0.05, 0.1) is 10.6 Å². The second kappa shape index (κ2) is 5.76. The molecular weight excluding hydrogens is 304 g/mol. The molecule has 0 bridgehead atoms. The van der Waals surface area contributed by atoms with Gasteiger partial charge in [0.25, 0.3) is 0 Å². The molecule has 0 aliphatic rings. The topological polar surface area (TPSA) is 29.5 Å². The van der Waals surface area contributed by atoms with E-state index in [0.29, 0.717) is 0 Å². The first-order valence-corrected chi connectivity index (χ1v) is 6.99. The van der Waals surface area contributed by atoms with Crippen molar-refractivity contribution in [3.63, 3.8) is 0 Å². The number of ether oxygens (including phenoxy) is 1. The first-order chi connectivity index (χ1) is 8.97. The third-order valence-electron chi connectivity index (χ3n) is 2.99. The molecule has 1 N–H and O–H groups in total. The second-order valence-electron chi connectivity index (χ2n) is 4.74. The van der Waals surface area contributed by atoms with Crippen LogP contribution in [0.1, 0.15) is 29.7 Å². The van der Waals surface area contributed by atoms with Crippen LogP contribution in [0.4, 0.5) is 0 Å². The second-order valence-corrected chi connectivity index (χ2v) is 5.59. The molecule has 0 fully saturated rings. The molecule has 0 amide bonds. The number of hydrogen-bond acceptors (Lipinski definition) is 2. The van der Waals surface area contributed by atoms with Crippen molar-refractivity contribution in [2.75, 3.05) is 0 Å². The minimum absolute atomic E-state index is 0.480. The van der Waals surface area contributed by atoms with E-state index in [1.165, 1.54) is 5.56 Å². The van der Waals surface area contributed by atoms with E-state index in [4.69, 9.17) is 4.74 Å². The van der Waals surface area contributed by atoms with E-state index in [1.54, 1.807) is 6.92 Å². The molecule has 2 rings (SSSR count). The van der Waals surface area contributed by atoms with Gasteiger partial charge in [0.15, 0.2) is 0 Å². The molecule has 19 heavy (non-hydrogen) atoms. The molecule has 2 nitrogen and oxygen atoms in total. The molecule has 0 saturated carbocycles. The Morgan fingerprint density at radius 2 is 1.74 bits per heavy atom. The summed E-state index contributed by atoms with van der Waals surface area (Å²) in [5, 5.41) is 9.54. The first-order valence-electron chi connectivity index (χ1n) is 6.20. The van der Waals surface area contributed by atoms with Crippen LogP contribution in [0.5, 0.6) is 11.5 Å². The zero-order valence-electron chi connectivity index (χ0n) is 11.3. The van der Waals surface area contributed by atoms with Gasteiger partial charge in [-0.3, -0.25) is 0 Å². The highest BCUT2D eigenvalue weighted by Crippen LogP contribution is 2.33. The Kier molecular flexibility index (Phi) is 4.27. The number of aliphatic hydroxyl groups is 1. The molecule has 0 aliphatic carbocycles. The summed E-state index contributed by atoms with van der Waals surface area (Å²) in [6, 6.07) is 11.7. The number of hydrogen-bond donors (Lipinski definition) is 1. The van der Waals surface area contributed by atoms with E-state index in [2.05, 4.69) is 28.9 Å². The lowest BCUT2D eigenvalue weighted by Gasteiger charge is -2.12. The number of aryl methyl sites for hydroxylation is 2. The van der Waals surface area contributed by atoms with Gasteiger partial charge in [-0.05, 0) is 66.0 Å². The lowest BCUT2D eigenvalue weighted by atomic mass is 10.1. The lowest BCUT2D eigenvalue weighted by molar-refractivity contribution is 0.199. The highest BCUT2D eigenvalue weighted by molar-refractivity contribution is 9.10. The summed E-state index contributed by atoms with van der Waals surface area (Å²) in [5.41, 5.74) is 3.18. The maximum atomic E-state index is 9.54. The predicted octanol–water partition coefficient (Wildman–Crippen LogP) is 4.91. The monoisotopic (exact) mass is 320 g/mol. The molecule has 2 aromatic carbocycles. The molecule has 2 aromatic rings. The maximum absolute atomic E-state index is 9.54. The van der Waals surface area contributed by atoms with Crippen LogP contribution in [0.3, 0.4) is 0 Å². The van der Waals surface area contributed by atoms with Crippen LogP contribution in [-0.2, 0) is 0 Å². The van der Waals surface area contributed by atoms with E-state index in [1.807, 2.05) is 37.3 Å². The first kappa shape index (κ1) is 14.1. The van der Waals surface area contributed by atoms with Gasteiger partial charge in [-0.25, -0.2) is 0 Å². The van der Waals surface area contributed by atoms with Gasteiger partial charge < -0.3 is 9.84 Å². The fourth-order valence-electron chi connectivity index (χ4n) is 1.89. The van der Waals surface area contributed by atoms with Gasteiger partial charge in [0.2, 0.25) is 0 Å². The highest BCUT2D eigenvalue weighted by Gasteiger charge is 2.08. The minimum atomic E-state index is -0.480. The number of rotatable bonds is 3. The van der Waals surface area contributed by atoms with Crippen molar-refractivity contribution in [1.29, 1.82) is 0 Å². The molecular formula is C16H17BrO2. The van der Waals surface area contributed by atoms with Gasteiger partial charge >= 0.3 is 0 Å². The average molecular weight is 321 g/mol. The number of halogens is 1. The Balaban J connectivity index is 2.28. The summed E-state index contributed by atoms with van der Waals surface area (Å²) < 4.78 is 6.74. The molecule has 1 unspecified atom stereocenters. The van der Waals surface area contributed by atoms with Crippen molar-refractivity contribution in [3.8, 4) is 11.5 Å². The van der Waals surface area contributed by atoms with Crippen LogP contribution in [0, 0.1) is 13.8 Å². The molecule has 3 heteroatoms. The summed E-state index contributed by atoms with van der Waals surface area (Å²) in [4.78, 5) is 0. The molecule has 0 aliphatic heterocycles. The van der Waals surface area contributed by atoms with Gasteiger partial charge in [-0.15, -0.1) is 0 Å². The average Bonchev–Trinajstić information content (AvgIpc) is 2.34. The van der Waals surface area contributed by atoms with Crippen molar-refractivity contribution in [3.05, 3.63) is 57.6 Å². The minimum Gasteiger partial charge on any atom is -0.456 e. The summed E-state index contributed by atoms with van der Waals surface area (Å²) in [6.45, 7) is 5.83. The smallest absolute Gasteiger partial charge is 0.141 e. The summed E-state index contributed by atoms with van der Waals surface area (Å²) in [7, 11) is 0. The Labute approximate surface area is 122 Å². The quantitative estimate of drug-likeness (QED) is 0.870. The van der Waals surface area contributed by atoms with Crippen molar-refractivity contribution in [2.45, 2.75) is 26.9 Å². The fraction of sp³-hybridized carbons (Fsp3) is 0.250. The molecule has 100 valence electrons. The van der Waals surface area contributed by atoms with E-state index < -0.39 is 6.10 Å². The van der Waals surface area contributed by atoms with Gasteiger partial charge in [-0.1, -0.05) is 23.8 Å². The normalized spacial score (nSPS) is 12.3. The van der Waals surface area contributed by atoms with Crippen LogP contribution in [-0.4, -0.2) is 5.11 Å². The Morgan fingerprint density at radius 3 is 2.32 bits per heavy atom. The summed E-state index contributed by atoms with van der Waals surface area (Å²) >= 11 is 3.48. The van der Waals surface area contributed by atoms with Crippen LogP contribution >= 0.6 is 15.9 Å². The third kappa shape index (κ3) is 3.37. The Morgan fingerprint density at radius 1 is 1.05 bits per heavy atom. The standard InChI is InChI=1S/C16H17BrO2/c1-10-4-6-15(11(2)8-10)19-16-7-5-13(12(3)18)9-14(16)17/h4-9,12,18H,1-3H3. The maximum Gasteiger partial charge on any atom is 0.141 e. The van der Waals surface area contributed by atoms with Crippen molar-refractivity contribution >= 4 is 15.9 Å². The summed E-state index contributed by atoms with van der Waals surface area (Å²) in [6.07, 6.45) is -0.480. The van der Waals surface area contributed by atoms with Crippen LogP contribution < -0.4 is 4.74 Å². The predicted molar refractivity (Wildman–Crippen MR) is 80.8 cm³/mol. The van der Waals surface area contributed by atoms with E-state index >= 15 is 0 Å². The van der Waals surface area contributed by atoms with Crippen LogP contribution in [0.2, 0.25) is 0 Å². The van der Waals surface area contributed by atoms with Crippen LogP contribution in [0.15, 0.2) is 40.9 Å². The van der Waals surface area contributed by atoms with Gasteiger partial charge in [0.1, 0.15) is 11.5 Å².